The SMILES string of the molecule is CN1CC(=O)N(C)/C(=C/c2ccccc2)C1=O. The standard InChI is InChI=1S/C13H14N2O2/c1-14-9-12(16)15(2)11(13(14)17)8-10-6-4-3-5-7-10/h3-8H,9H2,1-2H3/b11-8+. The highest BCUT2D eigenvalue weighted by Gasteiger charge is 2.29. The van der Waals surface area contributed by atoms with Crippen molar-refractivity contribution in [2.45, 2.75) is 0 Å². The van der Waals surface area contributed by atoms with Crippen LogP contribution in [-0.2, 0) is 9.59 Å². The van der Waals surface area contributed by atoms with Crippen molar-refractivity contribution in [3.8, 4) is 0 Å². The van der Waals surface area contributed by atoms with Gasteiger partial charge in [0.25, 0.3) is 5.91 Å². The van der Waals surface area contributed by atoms with Crippen molar-refractivity contribution in [3.05, 3.63) is 41.6 Å². The normalized spacial score (nSPS) is 19.1. The molecule has 0 unspecified atom stereocenters. The van der Waals surface area contributed by atoms with Gasteiger partial charge in [-0.05, 0) is 11.6 Å². The maximum atomic E-state index is 11.9. The molecule has 0 aromatic heterocycles. The minimum atomic E-state index is -0.129. The van der Waals surface area contributed by atoms with Crippen molar-refractivity contribution in [2.24, 2.45) is 0 Å². The molecule has 0 spiro atoms. The number of hydrogen-bond acceptors (Lipinski definition) is 2. The maximum absolute atomic E-state index is 11.9. The van der Waals surface area contributed by atoms with E-state index in [1.807, 2.05) is 30.3 Å². The van der Waals surface area contributed by atoms with Crippen LogP contribution in [0.2, 0.25) is 0 Å². The van der Waals surface area contributed by atoms with Gasteiger partial charge in [0.2, 0.25) is 5.91 Å². The molecule has 1 aromatic carbocycles. The summed E-state index contributed by atoms with van der Waals surface area (Å²) >= 11 is 0. The maximum Gasteiger partial charge on any atom is 0.270 e. The third-order valence-corrected chi connectivity index (χ3v) is 2.78. The first kappa shape index (κ1) is 11.4. The molecule has 1 aliphatic heterocycles. The second kappa shape index (κ2) is 4.41. The summed E-state index contributed by atoms with van der Waals surface area (Å²) in [5.41, 5.74) is 1.32. The Balaban J connectivity index is 2.38. The van der Waals surface area contributed by atoms with Crippen LogP contribution in [0, 0.1) is 0 Å². The molecule has 4 heteroatoms. The molecule has 0 aliphatic carbocycles. The zero-order chi connectivity index (χ0) is 12.4. The van der Waals surface area contributed by atoms with Crippen molar-refractivity contribution in [1.29, 1.82) is 0 Å². The second-order valence-electron chi connectivity index (χ2n) is 4.05. The largest absolute Gasteiger partial charge is 0.331 e. The van der Waals surface area contributed by atoms with Crippen molar-refractivity contribution < 1.29 is 9.59 Å². The fourth-order valence-electron chi connectivity index (χ4n) is 1.72. The van der Waals surface area contributed by atoms with Crippen LogP contribution in [0.5, 0.6) is 0 Å². The van der Waals surface area contributed by atoms with Crippen molar-refractivity contribution in [3.63, 3.8) is 0 Å². The van der Waals surface area contributed by atoms with E-state index in [0.29, 0.717) is 5.70 Å². The molecule has 1 heterocycles. The molecule has 0 saturated carbocycles. The molecule has 0 N–H and O–H groups in total. The van der Waals surface area contributed by atoms with Crippen LogP contribution in [0.25, 0.3) is 6.08 Å². The summed E-state index contributed by atoms with van der Waals surface area (Å²) in [5.74, 6) is -0.203. The van der Waals surface area contributed by atoms with Gasteiger partial charge in [0.15, 0.2) is 0 Å². The van der Waals surface area contributed by atoms with E-state index in [1.165, 1.54) is 9.80 Å². The fourth-order valence-corrected chi connectivity index (χ4v) is 1.72. The number of likely N-dealkylation sites (N-methyl/N-ethyl adjacent to an activating group) is 2. The molecule has 1 aliphatic rings. The first-order valence-electron chi connectivity index (χ1n) is 5.38. The lowest BCUT2D eigenvalue weighted by Gasteiger charge is -2.31. The Morgan fingerprint density at radius 2 is 1.76 bits per heavy atom. The Morgan fingerprint density at radius 3 is 2.41 bits per heavy atom. The summed E-state index contributed by atoms with van der Waals surface area (Å²) in [6.07, 6.45) is 1.73. The number of piperazine rings is 1. The molecule has 1 fully saturated rings. The van der Waals surface area contributed by atoms with Gasteiger partial charge in [-0.15, -0.1) is 0 Å². The number of carbonyl (C=O) groups is 2. The molecular formula is C13H14N2O2. The smallest absolute Gasteiger partial charge is 0.270 e. The molecule has 4 nitrogen and oxygen atoms in total. The highest BCUT2D eigenvalue weighted by Crippen LogP contribution is 2.16. The van der Waals surface area contributed by atoms with Gasteiger partial charge in [-0.2, -0.15) is 0 Å². The highest BCUT2D eigenvalue weighted by molar-refractivity contribution is 6.05. The minimum Gasteiger partial charge on any atom is -0.331 e. The zero-order valence-electron chi connectivity index (χ0n) is 9.88. The van der Waals surface area contributed by atoms with E-state index < -0.39 is 0 Å². The van der Waals surface area contributed by atoms with Gasteiger partial charge in [0.1, 0.15) is 12.2 Å². The van der Waals surface area contributed by atoms with E-state index >= 15 is 0 Å². The monoisotopic (exact) mass is 230 g/mol. The summed E-state index contributed by atoms with van der Waals surface area (Å²) < 4.78 is 0. The zero-order valence-corrected chi connectivity index (χ0v) is 9.88. The molecule has 1 saturated heterocycles. The fraction of sp³-hybridized carbons (Fsp3) is 0.231. The quantitative estimate of drug-likeness (QED) is 0.674. The Morgan fingerprint density at radius 1 is 1.12 bits per heavy atom. The number of benzene rings is 1. The molecule has 0 radical (unpaired) electrons. The predicted molar refractivity (Wildman–Crippen MR) is 64.8 cm³/mol. The van der Waals surface area contributed by atoms with E-state index in [1.54, 1.807) is 20.2 Å². The Bertz CT molecular complexity index is 479. The van der Waals surface area contributed by atoms with Crippen molar-refractivity contribution >= 4 is 17.9 Å². The van der Waals surface area contributed by atoms with Crippen molar-refractivity contribution in [2.75, 3.05) is 20.6 Å². The van der Waals surface area contributed by atoms with Gasteiger partial charge in [-0.1, -0.05) is 30.3 Å². The van der Waals surface area contributed by atoms with Gasteiger partial charge in [-0.25, -0.2) is 0 Å². The summed E-state index contributed by atoms with van der Waals surface area (Å²) in [6, 6.07) is 9.49. The van der Waals surface area contributed by atoms with Crippen LogP contribution in [-0.4, -0.2) is 42.3 Å². The number of rotatable bonds is 1. The van der Waals surface area contributed by atoms with Gasteiger partial charge in [0.05, 0.1) is 0 Å². The molecule has 2 amide bonds. The van der Waals surface area contributed by atoms with Crippen LogP contribution >= 0.6 is 0 Å². The number of carbonyl (C=O) groups excluding carboxylic acids is 2. The first-order valence-corrected chi connectivity index (χ1v) is 5.38. The van der Waals surface area contributed by atoms with Crippen molar-refractivity contribution in [1.82, 2.24) is 9.80 Å². The van der Waals surface area contributed by atoms with Crippen LogP contribution < -0.4 is 0 Å². The van der Waals surface area contributed by atoms with Crippen LogP contribution in [0.3, 0.4) is 0 Å². The van der Waals surface area contributed by atoms with E-state index in [-0.39, 0.29) is 18.4 Å². The average Bonchev–Trinajstić information content (AvgIpc) is 2.33. The third kappa shape index (κ3) is 2.20. The van der Waals surface area contributed by atoms with E-state index in [2.05, 4.69) is 0 Å². The molecule has 0 atom stereocenters. The lowest BCUT2D eigenvalue weighted by molar-refractivity contribution is -0.142. The van der Waals surface area contributed by atoms with Crippen LogP contribution in [0.1, 0.15) is 5.56 Å². The van der Waals surface area contributed by atoms with Gasteiger partial charge in [0, 0.05) is 14.1 Å². The molecular weight excluding hydrogens is 216 g/mol. The molecule has 17 heavy (non-hydrogen) atoms. The number of nitrogens with zero attached hydrogens (tertiary/aromatic N) is 2. The summed E-state index contributed by atoms with van der Waals surface area (Å²) in [6.45, 7) is 0.140. The predicted octanol–water partition coefficient (Wildman–Crippen LogP) is 0.958. The molecule has 2 rings (SSSR count). The molecule has 0 bridgehead atoms. The molecule has 88 valence electrons. The third-order valence-electron chi connectivity index (χ3n) is 2.78. The Kier molecular flexibility index (Phi) is 2.95. The van der Waals surface area contributed by atoms with E-state index in [9.17, 15) is 9.59 Å². The highest BCUT2D eigenvalue weighted by atomic mass is 16.2. The van der Waals surface area contributed by atoms with E-state index in [4.69, 9.17) is 0 Å². The van der Waals surface area contributed by atoms with Gasteiger partial charge < -0.3 is 9.80 Å². The topological polar surface area (TPSA) is 40.6 Å². The first-order chi connectivity index (χ1) is 8.09. The Labute approximate surface area is 100 Å². The minimum absolute atomic E-state index is 0.0747. The number of amides is 2. The Hall–Kier alpha value is -2.10. The van der Waals surface area contributed by atoms with E-state index in [0.717, 1.165) is 5.56 Å². The summed E-state index contributed by atoms with van der Waals surface area (Å²) in [5, 5.41) is 0. The lowest BCUT2D eigenvalue weighted by Crippen LogP contribution is -2.48. The summed E-state index contributed by atoms with van der Waals surface area (Å²) in [7, 11) is 3.26. The van der Waals surface area contributed by atoms with Crippen LogP contribution in [0.15, 0.2) is 36.0 Å². The average molecular weight is 230 g/mol. The summed E-state index contributed by atoms with van der Waals surface area (Å²) in [4.78, 5) is 26.4. The second-order valence-corrected chi connectivity index (χ2v) is 4.05. The van der Waals surface area contributed by atoms with Gasteiger partial charge in [-0.3, -0.25) is 9.59 Å². The number of hydrogen-bond donors (Lipinski definition) is 0. The van der Waals surface area contributed by atoms with Crippen LogP contribution in [0.4, 0.5) is 0 Å². The molecule has 1 aromatic rings. The van der Waals surface area contributed by atoms with Gasteiger partial charge >= 0.3 is 0 Å². The lowest BCUT2D eigenvalue weighted by atomic mass is 10.1.